The molecular formula is C9H19P. The lowest BCUT2D eigenvalue weighted by atomic mass is 9.73. The van der Waals surface area contributed by atoms with Crippen LogP contribution in [0, 0.1) is 5.41 Å². The molecule has 0 aromatic heterocycles. The maximum absolute atomic E-state index is 2.44. The molecule has 60 valence electrons. The van der Waals surface area contributed by atoms with Crippen molar-refractivity contribution in [2.45, 2.75) is 51.9 Å². The maximum atomic E-state index is 2.44. The summed E-state index contributed by atoms with van der Waals surface area (Å²) in [6.07, 6.45) is 1.35. The Morgan fingerprint density at radius 1 is 1.30 bits per heavy atom. The topological polar surface area (TPSA) is 0 Å². The van der Waals surface area contributed by atoms with Crippen LogP contribution >= 0.6 is 8.58 Å². The van der Waals surface area contributed by atoms with E-state index < -0.39 is 0 Å². The van der Waals surface area contributed by atoms with Crippen LogP contribution in [0.3, 0.4) is 0 Å². The van der Waals surface area contributed by atoms with E-state index in [1.807, 2.05) is 0 Å². The fourth-order valence-corrected chi connectivity index (χ4v) is 4.00. The molecule has 3 atom stereocenters. The summed E-state index contributed by atoms with van der Waals surface area (Å²) in [7, 11) is 1.19. The lowest BCUT2D eigenvalue weighted by molar-refractivity contribution is 0.210. The first-order chi connectivity index (χ1) is 4.44. The first kappa shape index (κ1) is 8.53. The van der Waals surface area contributed by atoms with Gasteiger partial charge in [-0.15, -0.1) is 8.58 Å². The molecule has 0 spiro atoms. The molecule has 0 aromatic carbocycles. The molecule has 0 nitrogen and oxygen atoms in total. The molecular weight excluding hydrogens is 139 g/mol. The molecule has 0 bridgehead atoms. The largest absolute Gasteiger partial charge is 0.112 e. The van der Waals surface area contributed by atoms with Crippen molar-refractivity contribution in [2.75, 3.05) is 0 Å². The second-order valence-corrected chi connectivity index (χ2v) is 6.53. The van der Waals surface area contributed by atoms with Crippen LogP contribution in [0.2, 0.25) is 0 Å². The van der Waals surface area contributed by atoms with E-state index in [1.54, 1.807) is 0 Å². The summed E-state index contributed by atoms with van der Waals surface area (Å²) in [6.45, 7) is 12.0. The van der Waals surface area contributed by atoms with Crippen molar-refractivity contribution in [1.82, 2.24) is 0 Å². The Kier molecular flexibility index (Phi) is 1.88. The van der Waals surface area contributed by atoms with Crippen molar-refractivity contribution in [2.24, 2.45) is 5.41 Å². The lowest BCUT2D eigenvalue weighted by Gasteiger charge is -2.59. The third-order valence-corrected chi connectivity index (χ3v) is 6.54. The second-order valence-electron chi connectivity index (χ2n) is 4.27. The van der Waals surface area contributed by atoms with Crippen LogP contribution in [0.15, 0.2) is 0 Å². The van der Waals surface area contributed by atoms with E-state index in [9.17, 15) is 0 Å². The summed E-state index contributed by atoms with van der Waals surface area (Å²) in [5, 5.41) is 0.659. The van der Waals surface area contributed by atoms with Gasteiger partial charge in [-0.1, -0.05) is 34.6 Å². The molecule has 1 fully saturated rings. The molecule has 3 unspecified atom stereocenters. The lowest BCUT2D eigenvalue weighted by Crippen LogP contribution is -2.53. The standard InChI is InChI=1S/C9H19P/c1-6-9(5)8(3,4)7(2)10-9/h7,10H,6H2,1-5H3. The Balaban J connectivity index is 2.70. The highest BCUT2D eigenvalue weighted by Gasteiger charge is 2.53. The first-order valence-electron chi connectivity index (χ1n) is 4.22. The van der Waals surface area contributed by atoms with Gasteiger partial charge in [-0.2, -0.15) is 0 Å². The molecule has 10 heavy (non-hydrogen) atoms. The molecule has 0 aliphatic carbocycles. The fraction of sp³-hybridized carbons (Fsp3) is 1.00. The number of rotatable bonds is 1. The Bertz CT molecular complexity index is 137. The zero-order valence-electron chi connectivity index (χ0n) is 7.78. The van der Waals surface area contributed by atoms with Crippen LogP contribution in [0.4, 0.5) is 0 Å². The van der Waals surface area contributed by atoms with Crippen molar-refractivity contribution in [1.29, 1.82) is 0 Å². The normalized spacial score (nSPS) is 47.1. The van der Waals surface area contributed by atoms with E-state index >= 15 is 0 Å². The van der Waals surface area contributed by atoms with Crippen LogP contribution in [0.5, 0.6) is 0 Å². The van der Waals surface area contributed by atoms with Crippen molar-refractivity contribution >= 4 is 8.58 Å². The van der Waals surface area contributed by atoms with Crippen molar-refractivity contribution in [3.05, 3.63) is 0 Å². The number of hydrogen-bond donors (Lipinski definition) is 0. The predicted molar refractivity (Wildman–Crippen MR) is 50.3 cm³/mol. The zero-order chi connectivity index (χ0) is 7.99. The summed E-state index contributed by atoms with van der Waals surface area (Å²) in [5.74, 6) is 0. The van der Waals surface area contributed by atoms with Gasteiger partial charge < -0.3 is 0 Å². The van der Waals surface area contributed by atoms with Crippen molar-refractivity contribution in [3.63, 3.8) is 0 Å². The van der Waals surface area contributed by atoms with Crippen LogP contribution < -0.4 is 0 Å². The highest BCUT2D eigenvalue weighted by atomic mass is 31.1. The average molecular weight is 158 g/mol. The monoisotopic (exact) mass is 158 g/mol. The minimum absolute atomic E-state index is 0.597. The van der Waals surface area contributed by atoms with Crippen LogP contribution in [-0.2, 0) is 0 Å². The van der Waals surface area contributed by atoms with Crippen LogP contribution in [0.1, 0.15) is 41.0 Å². The van der Waals surface area contributed by atoms with Crippen molar-refractivity contribution < 1.29 is 0 Å². The third-order valence-electron chi connectivity index (χ3n) is 3.75. The van der Waals surface area contributed by atoms with E-state index in [4.69, 9.17) is 0 Å². The van der Waals surface area contributed by atoms with E-state index in [-0.39, 0.29) is 0 Å². The minimum atomic E-state index is 0.597. The van der Waals surface area contributed by atoms with Gasteiger partial charge in [0.1, 0.15) is 0 Å². The maximum Gasteiger partial charge on any atom is -0.00933 e. The molecule has 1 rings (SSSR count). The predicted octanol–water partition coefficient (Wildman–Crippen LogP) is 3.26. The summed E-state index contributed by atoms with van der Waals surface area (Å²) >= 11 is 0. The molecule has 1 heteroatoms. The van der Waals surface area contributed by atoms with Gasteiger partial charge in [-0.05, 0) is 22.7 Å². The fourth-order valence-electron chi connectivity index (χ4n) is 1.80. The minimum Gasteiger partial charge on any atom is -0.112 e. The van der Waals surface area contributed by atoms with Gasteiger partial charge in [0.15, 0.2) is 0 Å². The molecule has 1 saturated heterocycles. The van der Waals surface area contributed by atoms with Gasteiger partial charge in [0.2, 0.25) is 0 Å². The molecule has 1 aliphatic rings. The Hall–Kier alpha value is 0.430. The smallest absolute Gasteiger partial charge is 0.00933 e. The van der Waals surface area contributed by atoms with E-state index in [0.717, 1.165) is 5.66 Å². The molecule has 0 N–H and O–H groups in total. The van der Waals surface area contributed by atoms with Gasteiger partial charge in [0.25, 0.3) is 0 Å². The van der Waals surface area contributed by atoms with Gasteiger partial charge in [-0.25, -0.2) is 0 Å². The average Bonchev–Trinajstić information content (AvgIpc) is 1.88. The van der Waals surface area contributed by atoms with Crippen LogP contribution in [0.25, 0.3) is 0 Å². The van der Waals surface area contributed by atoms with Gasteiger partial charge in [-0.3, -0.25) is 0 Å². The van der Waals surface area contributed by atoms with Crippen molar-refractivity contribution in [3.8, 4) is 0 Å². The first-order valence-corrected chi connectivity index (χ1v) is 5.29. The van der Waals surface area contributed by atoms with E-state index in [1.165, 1.54) is 15.0 Å². The summed E-state index contributed by atoms with van der Waals surface area (Å²) in [5.41, 5.74) is 1.55. The van der Waals surface area contributed by atoms with Gasteiger partial charge in [0.05, 0.1) is 0 Å². The molecule has 0 radical (unpaired) electrons. The highest BCUT2D eigenvalue weighted by Crippen LogP contribution is 2.66. The molecule has 0 saturated carbocycles. The second kappa shape index (κ2) is 2.21. The third kappa shape index (κ3) is 0.848. The number of hydrogen-bond acceptors (Lipinski definition) is 0. The Morgan fingerprint density at radius 3 is 1.90 bits per heavy atom. The highest BCUT2D eigenvalue weighted by molar-refractivity contribution is 7.43. The Labute approximate surface area is 66.6 Å². The molecule has 1 heterocycles. The zero-order valence-corrected chi connectivity index (χ0v) is 8.78. The summed E-state index contributed by atoms with van der Waals surface area (Å²) in [4.78, 5) is 0. The molecule has 0 aromatic rings. The Morgan fingerprint density at radius 2 is 1.80 bits per heavy atom. The van der Waals surface area contributed by atoms with Gasteiger partial charge in [0, 0.05) is 0 Å². The van der Waals surface area contributed by atoms with E-state index in [0.29, 0.717) is 10.6 Å². The summed E-state index contributed by atoms with van der Waals surface area (Å²) < 4.78 is 0. The quantitative estimate of drug-likeness (QED) is 0.514. The molecule has 1 aliphatic heterocycles. The van der Waals surface area contributed by atoms with Gasteiger partial charge >= 0.3 is 0 Å². The van der Waals surface area contributed by atoms with E-state index in [2.05, 4.69) is 34.6 Å². The van der Waals surface area contributed by atoms with Crippen LogP contribution in [-0.4, -0.2) is 10.8 Å². The molecule has 0 amide bonds. The SMILES string of the molecule is CCC1(C)PC(C)C1(C)C. The summed E-state index contributed by atoms with van der Waals surface area (Å²) in [6, 6.07) is 0.